The number of amides is 1. The highest BCUT2D eigenvalue weighted by Gasteiger charge is 2.29. The number of anilines is 2. The van der Waals surface area contributed by atoms with Gasteiger partial charge in [-0.15, -0.1) is 0 Å². The van der Waals surface area contributed by atoms with Crippen molar-refractivity contribution in [2.45, 2.75) is 47.2 Å². The van der Waals surface area contributed by atoms with Gasteiger partial charge in [0.1, 0.15) is 6.04 Å². The summed E-state index contributed by atoms with van der Waals surface area (Å²) in [5.41, 5.74) is 4.49. The smallest absolute Gasteiger partial charge is 0.243 e. The van der Waals surface area contributed by atoms with Gasteiger partial charge >= 0.3 is 0 Å². The van der Waals surface area contributed by atoms with Crippen molar-refractivity contribution in [3.05, 3.63) is 59.2 Å². The average molecular weight is 432 g/mol. The van der Waals surface area contributed by atoms with Crippen molar-refractivity contribution >= 4 is 27.3 Å². The van der Waals surface area contributed by atoms with Crippen molar-refractivity contribution < 1.29 is 13.2 Å². The summed E-state index contributed by atoms with van der Waals surface area (Å²) in [5.74, 6) is -0.340. The number of aryl methyl sites for hydroxylation is 2. The molecule has 0 aliphatic carbocycles. The quantitative estimate of drug-likeness (QED) is 0.658. The van der Waals surface area contributed by atoms with Crippen LogP contribution in [0.3, 0.4) is 0 Å². The zero-order chi connectivity index (χ0) is 22.5. The highest BCUT2D eigenvalue weighted by molar-refractivity contribution is 7.92. The second-order valence-corrected chi connectivity index (χ2v) is 9.50. The van der Waals surface area contributed by atoms with Crippen molar-refractivity contribution in [1.82, 2.24) is 5.32 Å². The van der Waals surface area contributed by atoms with E-state index in [1.54, 1.807) is 19.1 Å². The minimum atomic E-state index is -3.63. The molecule has 0 spiro atoms. The predicted molar refractivity (Wildman–Crippen MR) is 125 cm³/mol. The zero-order valence-electron chi connectivity index (χ0n) is 18.8. The van der Waals surface area contributed by atoms with E-state index in [0.717, 1.165) is 41.7 Å². The molecule has 2 rings (SSSR count). The van der Waals surface area contributed by atoms with Crippen molar-refractivity contribution in [3.8, 4) is 0 Å². The van der Waals surface area contributed by atoms with E-state index < -0.39 is 16.1 Å². The van der Waals surface area contributed by atoms with Gasteiger partial charge in [0.25, 0.3) is 0 Å². The molecule has 30 heavy (non-hydrogen) atoms. The van der Waals surface area contributed by atoms with Gasteiger partial charge in [0.05, 0.1) is 11.9 Å². The number of nitrogens with one attached hydrogen (secondary N) is 1. The van der Waals surface area contributed by atoms with Crippen LogP contribution in [0, 0.1) is 13.8 Å². The van der Waals surface area contributed by atoms with Crippen LogP contribution in [0.15, 0.2) is 42.5 Å². The molecule has 1 atom stereocenters. The van der Waals surface area contributed by atoms with Gasteiger partial charge < -0.3 is 10.2 Å². The van der Waals surface area contributed by atoms with Crippen molar-refractivity contribution in [2.24, 2.45) is 0 Å². The summed E-state index contributed by atoms with van der Waals surface area (Å²) in [6, 6.07) is 12.7. The molecule has 164 valence electrons. The van der Waals surface area contributed by atoms with Crippen LogP contribution in [0.2, 0.25) is 0 Å². The van der Waals surface area contributed by atoms with Crippen LogP contribution >= 0.6 is 0 Å². The Bertz CT molecular complexity index is 947. The van der Waals surface area contributed by atoms with Crippen LogP contribution in [0.1, 0.15) is 37.5 Å². The Morgan fingerprint density at radius 1 is 0.967 bits per heavy atom. The van der Waals surface area contributed by atoms with E-state index in [9.17, 15) is 13.2 Å². The molecule has 0 saturated carbocycles. The maximum Gasteiger partial charge on any atom is 0.243 e. The molecule has 1 unspecified atom stereocenters. The number of benzene rings is 2. The third kappa shape index (κ3) is 5.98. The van der Waals surface area contributed by atoms with Gasteiger partial charge in [-0.3, -0.25) is 9.10 Å². The first-order valence-corrected chi connectivity index (χ1v) is 12.1. The van der Waals surface area contributed by atoms with Crippen LogP contribution in [0.4, 0.5) is 11.4 Å². The number of rotatable bonds is 9. The van der Waals surface area contributed by atoms with Gasteiger partial charge in [-0.05, 0) is 75.6 Å². The van der Waals surface area contributed by atoms with Crippen LogP contribution in [-0.2, 0) is 21.4 Å². The molecule has 7 heteroatoms. The van der Waals surface area contributed by atoms with Crippen molar-refractivity contribution in [3.63, 3.8) is 0 Å². The molecule has 0 fully saturated rings. The summed E-state index contributed by atoms with van der Waals surface area (Å²) in [6.07, 6.45) is 1.13. The molecule has 0 aliphatic heterocycles. The third-order valence-electron chi connectivity index (χ3n) is 5.08. The molecular weight excluding hydrogens is 398 g/mol. The first-order valence-electron chi connectivity index (χ1n) is 10.3. The van der Waals surface area contributed by atoms with Gasteiger partial charge in [0.15, 0.2) is 0 Å². The van der Waals surface area contributed by atoms with Gasteiger partial charge in [-0.2, -0.15) is 0 Å². The number of sulfonamides is 1. The first-order chi connectivity index (χ1) is 14.1. The topological polar surface area (TPSA) is 69.7 Å². The summed E-state index contributed by atoms with van der Waals surface area (Å²) in [6.45, 7) is 11.9. The fraction of sp³-hybridized carbons (Fsp3) is 0.435. The summed E-state index contributed by atoms with van der Waals surface area (Å²) in [5, 5.41) is 2.87. The predicted octanol–water partition coefficient (Wildman–Crippen LogP) is 3.62. The average Bonchev–Trinajstić information content (AvgIpc) is 2.66. The van der Waals surface area contributed by atoms with E-state index in [4.69, 9.17) is 0 Å². The lowest BCUT2D eigenvalue weighted by atomic mass is 10.1. The lowest BCUT2D eigenvalue weighted by Crippen LogP contribution is -2.47. The molecule has 0 aromatic heterocycles. The minimum Gasteiger partial charge on any atom is -0.372 e. The Morgan fingerprint density at radius 3 is 1.97 bits per heavy atom. The molecule has 1 amide bonds. The van der Waals surface area contributed by atoms with Crippen molar-refractivity contribution in [2.75, 3.05) is 28.6 Å². The summed E-state index contributed by atoms with van der Waals surface area (Å²) < 4.78 is 26.1. The van der Waals surface area contributed by atoms with E-state index in [-0.39, 0.29) is 5.91 Å². The molecule has 0 aliphatic rings. The van der Waals surface area contributed by atoms with Crippen LogP contribution in [0.25, 0.3) is 0 Å². The molecule has 1 N–H and O–H groups in total. The lowest BCUT2D eigenvalue weighted by Gasteiger charge is -2.29. The zero-order valence-corrected chi connectivity index (χ0v) is 19.6. The van der Waals surface area contributed by atoms with Crippen molar-refractivity contribution in [1.29, 1.82) is 0 Å². The van der Waals surface area contributed by atoms with Gasteiger partial charge in [-0.25, -0.2) is 8.42 Å². The van der Waals surface area contributed by atoms with E-state index in [1.165, 1.54) is 4.31 Å². The Morgan fingerprint density at radius 2 is 1.50 bits per heavy atom. The third-order valence-corrected chi connectivity index (χ3v) is 6.32. The van der Waals surface area contributed by atoms with Crippen LogP contribution in [-0.4, -0.2) is 39.7 Å². The van der Waals surface area contributed by atoms with Crippen LogP contribution in [0.5, 0.6) is 0 Å². The number of carbonyl (C=O) groups is 1. The van der Waals surface area contributed by atoms with Gasteiger partial charge in [-0.1, -0.05) is 18.2 Å². The molecule has 2 aromatic rings. The lowest BCUT2D eigenvalue weighted by molar-refractivity contribution is -0.122. The normalized spacial score (nSPS) is 12.3. The van der Waals surface area contributed by atoms with E-state index in [1.807, 2.05) is 44.2 Å². The minimum absolute atomic E-state index is 0.339. The number of hydrogen-bond donors (Lipinski definition) is 1. The molecular formula is C23H33N3O3S. The Balaban J connectivity index is 2.14. The molecule has 0 heterocycles. The molecule has 0 bridgehead atoms. The van der Waals surface area contributed by atoms with Gasteiger partial charge in [0.2, 0.25) is 15.9 Å². The van der Waals surface area contributed by atoms with E-state index in [2.05, 4.69) is 24.1 Å². The maximum absolute atomic E-state index is 12.8. The number of nitrogens with zero attached hydrogens (tertiary/aromatic N) is 2. The van der Waals surface area contributed by atoms with E-state index in [0.29, 0.717) is 12.2 Å². The Hall–Kier alpha value is -2.54. The highest BCUT2D eigenvalue weighted by atomic mass is 32.2. The summed E-state index contributed by atoms with van der Waals surface area (Å²) in [4.78, 5) is 15.0. The Kier molecular flexibility index (Phi) is 7.89. The summed E-state index contributed by atoms with van der Waals surface area (Å²) in [7, 11) is -3.63. The number of carbonyl (C=O) groups excluding carboxylic acids is 1. The van der Waals surface area contributed by atoms with Gasteiger partial charge in [0, 0.05) is 25.3 Å². The standard InChI is InChI=1S/C23H33N3O3S/c1-7-25(8-2)21-11-9-20(10-12-21)16-24-23(27)19(5)26(30(6,28)29)22-14-17(3)13-18(4)15-22/h9-15,19H,7-8,16H2,1-6H3,(H,24,27). The molecule has 2 aromatic carbocycles. The highest BCUT2D eigenvalue weighted by Crippen LogP contribution is 2.24. The second-order valence-electron chi connectivity index (χ2n) is 7.64. The summed E-state index contributed by atoms with van der Waals surface area (Å²) >= 11 is 0. The maximum atomic E-state index is 12.8. The fourth-order valence-electron chi connectivity index (χ4n) is 3.64. The Labute approximate surface area is 180 Å². The molecule has 0 radical (unpaired) electrons. The number of hydrogen-bond acceptors (Lipinski definition) is 4. The monoisotopic (exact) mass is 431 g/mol. The second kappa shape index (κ2) is 9.98. The van der Waals surface area contributed by atoms with Crippen LogP contribution < -0.4 is 14.5 Å². The molecule has 6 nitrogen and oxygen atoms in total. The van der Waals surface area contributed by atoms with E-state index >= 15 is 0 Å². The largest absolute Gasteiger partial charge is 0.372 e. The molecule has 0 saturated heterocycles. The SMILES string of the molecule is CCN(CC)c1ccc(CNC(=O)C(C)N(c2cc(C)cc(C)c2)S(C)(=O)=O)cc1. The fourth-order valence-corrected chi connectivity index (χ4v) is 4.80. The first kappa shape index (κ1) is 23.7.